The van der Waals surface area contributed by atoms with E-state index in [1.54, 1.807) is 0 Å². The van der Waals surface area contributed by atoms with Crippen LogP contribution >= 0.6 is 45.5 Å². The van der Waals surface area contributed by atoms with Gasteiger partial charge in [-0.15, -0.1) is 11.3 Å². The lowest BCUT2D eigenvalue weighted by Crippen LogP contribution is -1.97. The molecule has 2 aromatic rings. The molecule has 17 heavy (non-hydrogen) atoms. The van der Waals surface area contributed by atoms with Crippen molar-refractivity contribution < 1.29 is 9.90 Å². The van der Waals surface area contributed by atoms with Crippen LogP contribution < -0.4 is 5.32 Å². The molecule has 1 heterocycles. The maximum Gasteiger partial charge on any atom is 0.355 e. The number of anilines is 2. The van der Waals surface area contributed by atoms with Gasteiger partial charge in [0.05, 0.1) is 10.7 Å². The monoisotopic (exact) mass is 380 g/mol. The van der Waals surface area contributed by atoms with Crippen molar-refractivity contribution in [3.05, 3.63) is 37.9 Å². The van der Waals surface area contributed by atoms with Crippen molar-refractivity contribution in [2.45, 2.75) is 0 Å². The van der Waals surface area contributed by atoms with E-state index in [0.29, 0.717) is 15.8 Å². The fourth-order valence-corrected chi connectivity index (χ4v) is 2.74. The molecule has 0 unspecified atom stereocenters. The Labute approximate surface area is 120 Å². The van der Waals surface area contributed by atoms with Crippen LogP contribution in [0.5, 0.6) is 0 Å². The highest BCUT2D eigenvalue weighted by molar-refractivity contribution is 14.1. The van der Waals surface area contributed by atoms with Crippen molar-refractivity contribution >= 4 is 62.3 Å². The highest BCUT2D eigenvalue weighted by Gasteiger charge is 2.09. The Balaban J connectivity index is 2.22. The van der Waals surface area contributed by atoms with E-state index < -0.39 is 5.97 Å². The number of carboxylic acid groups (broad SMARTS) is 1. The normalized spacial score (nSPS) is 10.2. The van der Waals surface area contributed by atoms with Gasteiger partial charge in [-0.3, -0.25) is 0 Å². The third-order valence-electron chi connectivity index (χ3n) is 1.90. The molecule has 7 heteroatoms. The summed E-state index contributed by atoms with van der Waals surface area (Å²) in [5.41, 5.74) is 0.734. The number of carbonyl (C=O) groups is 1. The molecule has 88 valence electrons. The maximum absolute atomic E-state index is 10.7. The van der Waals surface area contributed by atoms with Gasteiger partial charge in [-0.2, -0.15) is 0 Å². The van der Waals surface area contributed by atoms with Crippen LogP contribution in [0, 0.1) is 3.57 Å². The Morgan fingerprint density at radius 3 is 2.88 bits per heavy atom. The van der Waals surface area contributed by atoms with Crippen LogP contribution in [0.2, 0.25) is 5.02 Å². The minimum Gasteiger partial charge on any atom is -0.476 e. The molecule has 4 nitrogen and oxygen atoms in total. The fourth-order valence-electron chi connectivity index (χ4n) is 1.14. The van der Waals surface area contributed by atoms with E-state index in [0.717, 1.165) is 3.57 Å². The van der Waals surface area contributed by atoms with Crippen LogP contribution in [0.3, 0.4) is 0 Å². The smallest absolute Gasteiger partial charge is 0.355 e. The minimum absolute atomic E-state index is 0.0270. The van der Waals surface area contributed by atoms with Crippen LogP contribution in [0.25, 0.3) is 0 Å². The molecule has 2 N–H and O–H groups in total. The molecule has 0 amide bonds. The highest BCUT2D eigenvalue weighted by atomic mass is 127. The van der Waals surface area contributed by atoms with E-state index in [-0.39, 0.29) is 5.69 Å². The Hall–Kier alpha value is -0.860. The summed E-state index contributed by atoms with van der Waals surface area (Å²) in [5, 5.41) is 14.3. The molecule has 2 rings (SSSR count). The Kier molecular flexibility index (Phi) is 3.85. The van der Waals surface area contributed by atoms with Gasteiger partial charge < -0.3 is 10.4 Å². The highest BCUT2D eigenvalue weighted by Crippen LogP contribution is 2.28. The fraction of sp³-hybridized carbons (Fsp3) is 0. The zero-order valence-electron chi connectivity index (χ0n) is 8.28. The zero-order valence-corrected chi connectivity index (χ0v) is 12.0. The van der Waals surface area contributed by atoms with Gasteiger partial charge in [0.1, 0.15) is 0 Å². The van der Waals surface area contributed by atoms with Crippen molar-refractivity contribution in [2.24, 2.45) is 0 Å². The number of rotatable bonds is 3. The summed E-state index contributed by atoms with van der Waals surface area (Å²) < 4.78 is 1.03. The molecule has 0 aliphatic rings. The Morgan fingerprint density at radius 2 is 2.29 bits per heavy atom. The lowest BCUT2D eigenvalue weighted by molar-refractivity contribution is 0.0691. The second-order valence-electron chi connectivity index (χ2n) is 3.09. The number of aromatic carboxylic acids is 1. The van der Waals surface area contributed by atoms with Crippen molar-refractivity contribution in [3.8, 4) is 0 Å². The van der Waals surface area contributed by atoms with Crippen molar-refractivity contribution in [1.29, 1.82) is 0 Å². The lowest BCUT2D eigenvalue weighted by atomic mass is 10.3. The number of halogens is 2. The summed E-state index contributed by atoms with van der Waals surface area (Å²) >= 11 is 9.43. The van der Waals surface area contributed by atoms with Gasteiger partial charge in [-0.05, 0) is 40.8 Å². The van der Waals surface area contributed by atoms with Gasteiger partial charge >= 0.3 is 5.97 Å². The molecule has 0 bridgehead atoms. The van der Waals surface area contributed by atoms with Crippen molar-refractivity contribution in [2.75, 3.05) is 5.32 Å². The number of hydrogen-bond donors (Lipinski definition) is 2. The van der Waals surface area contributed by atoms with Crippen LogP contribution in [0.15, 0.2) is 23.6 Å². The first-order valence-corrected chi connectivity index (χ1v) is 6.81. The summed E-state index contributed by atoms with van der Waals surface area (Å²) in [6.07, 6.45) is 0. The van der Waals surface area contributed by atoms with Crippen LogP contribution in [-0.2, 0) is 0 Å². The number of thiazole rings is 1. The first-order valence-electron chi connectivity index (χ1n) is 4.47. The van der Waals surface area contributed by atoms with Gasteiger partial charge in [0, 0.05) is 8.95 Å². The summed E-state index contributed by atoms with van der Waals surface area (Å²) in [5.74, 6) is -1.04. The quantitative estimate of drug-likeness (QED) is 0.794. The van der Waals surface area contributed by atoms with E-state index in [2.05, 4.69) is 32.9 Å². The third-order valence-corrected chi connectivity index (χ3v) is 3.64. The largest absolute Gasteiger partial charge is 0.476 e. The molecule has 0 saturated carbocycles. The first-order chi connectivity index (χ1) is 8.06. The third kappa shape index (κ3) is 3.08. The van der Waals surface area contributed by atoms with Crippen LogP contribution in [0.4, 0.5) is 10.8 Å². The molecular weight excluding hydrogens is 375 g/mol. The second kappa shape index (κ2) is 5.19. The van der Waals surface area contributed by atoms with Gasteiger partial charge in [-0.25, -0.2) is 9.78 Å². The number of carboxylic acids is 1. The molecule has 0 atom stereocenters. The number of nitrogens with zero attached hydrogens (tertiary/aromatic N) is 1. The average molecular weight is 381 g/mol. The lowest BCUT2D eigenvalue weighted by Gasteiger charge is -2.04. The number of aromatic nitrogens is 1. The molecule has 0 radical (unpaired) electrons. The minimum atomic E-state index is -1.04. The van der Waals surface area contributed by atoms with E-state index >= 15 is 0 Å². The summed E-state index contributed by atoms with van der Waals surface area (Å²) in [6.45, 7) is 0. The molecule has 0 saturated heterocycles. The predicted octanol–water partition coefficient (Wildman–Crippen LogP) is 3.84. The number of nitrogens with one attached hydrogen (secondary N) is 1. The van der Waals surface area contributed by atoms with E-state index in [1.165, 1.54) is 16.7 Å². The van der Waals surface area contributed by atoms with Crippen molar-refractivity contribution in [3.63, 3.8) is 0 Å². The Morgan fingerprint density at radius 1 is 1.53 bits per heavy atom. The standard InChI is InChI=1S/C10H6ClIN2O2S/c11-6-3-5(12)1-2-7(6)13-10-14-8(4-17-10)9(15)16/h1-4H,(H,13,14)(H,15,16). The first kappa shape index (κ1) is 12.6. The maximum atomic E-state index is 10.7. The molecular formula is C10H6ClIN2O2S. The summed E-state index contributed by atoms with van der Waals surface area (Å²) in [7, 11) is 0. The molecule has 0 fully saturated rings. The summed E-state index contributed by atoms with van der Waals surface area (Å²) in [6, 6.07) is 5.54. The molecule has 0 spiro atoms. The van der Waals surface area contributed by atoms with Crippen LogP contribution in [0.1, 0.15) is 10.5 Å². The van der Waals surface area contributed by atoms with E-state index in [9.17, 15) is 4.79 Å². The summed E-state index contributed by atoms with van der Waals surface area (Å²) in [4.78, 5) is 14.6. The number of benzene rings is 1. The number of hydrogen-bond acceptors (Lipinski definition) is 4. The molecule has 0 aliphatic carbocycles. The zero-order chi connectivity index (χ0) is 12.4. The van der Waals surface area contributed by atoms with Gasteiger partial charge in [-0.1, -0.05) is 11.6 Å². The molecule has 0 aliphatic heterocycles. The second-order valence-corrected chi connectivity index (χ2v) is 5.60. The van der Waals surface area contributed by atoms with E-state index in [4.69, 9.17) is 16.7 Å². The van der Waals surface area contributed by atoms with E-state index in [1.807, 2.05) is 18.2 Å². The predicted molar refractivity (Wildman–Crippen MR) is 76.5 cm³/mol. The van der Waals surface area contributed by atoms with Gasteiger partial charge in [0.15, 0.2) is 10.8 Å². The molecule has 1 aromatic heterocycles. The average Bonchev–Trinajstić information content (AvgIpc) is 2.71. The molecule has 1 aromatic carbocycles. The Bertz CT molecular complexity index is 573. The topological polar surface area (TPSA) is 62.2 Å². The van der Waals surface area contributed by atoms with Gasteiger partial charge in [0.2, 0.25) is 0 Å². The SMILES string of the molecule is O=C(O)c1csc(Nc2ccc(I)cc2Cl)n1. The van der Waals surface area contributed by atoms with Crippen molar-refractivity contribution in [1.82, 2.24) is 4.98 Å². The van der Waals surface area contributed by atoms with Gasteiger partial charge in [0.25, 0.3) is 0 Å². The van der Waals surface area contributed by atoms with Crippen LogP contribution in [-0.4, -0.2) is 16.1 Å².